The van der Waals surface area contributed by atoms with Gasteiger partial charge in [-0.1, -0.05) is 58.4 Å². The average Bonchev–Trinajstić information content (AvgIpc) is 2.81. The van der Waals surface area contributed by atoms with Gasteiger partial charge in [-0.2, -0.15) is 0 Å². The normalized spacial score (nSPS) is 10.7. The summed E-state index contributed by atoms with van der Waals surface area (Å²) >= 11 is 3.44. The number of H-pyrrole nitrogens is 1. The van der Waals surface area contributed by atoms with Crippen molar-refractivity contribution in [1.82, 2.24) is 9.78 Å². The van der Waals surface area contributed by atoms with Crippen molar-refractivity contribution in [2.75, 3.05) is 0 Å². The molecular formula is C16H13BrN2O. The SMILES string of the molecule is O=c1cc(-c2ccccc2)[nH]n1Cc1cccc(Br)c1. The number of hydrogen-bond donors (Lipinski definition) is 1. The minimum absolute atomic E-state index is 0.0242. The second kappa shape index (κ2) is 5.51. The minimum Gasteiger partial charge on any atom is -0.295 e. The van der Waals surface area contributed by atoms with Crippen LogP contribution >= 0.6 is 15.9 Å². The molecule has 3 rings (SSSR count). The van der Waals surface area contributed by atoms with E-state index in [1.807, 2.05) is 54.6 Å². The molecule has 0 amide bonds. The van der Waals surface area contributed by atoms with Crippen LogP contribution in [0.15, 0.2) is 69.9 Å². The quantitative estimate of drug-likeness (QED) is 0.782. The molecule has 1 N–H and O–H groups in total. The van der Waals surface area contributed by atoms with Crippen molar-refractivity contribution in [3.63, 3.8) is 0 Å². The highest BCUT2D eigenvalue weighted by atomic mass is 79.9. The van der Waals surface area contributed by atoms with Crippen LogP contribution in [0.5, 0.6) is 0 Å². The van der Waals surface area contributed by atoms with Crippen LogP contribution in [0.3, 0.4) is 0 Å². The molecule has 0 aliphatic carbocycles. The number of hydrogen-bond acceptors (Lipinski definition) is 1. The van der Waals surface area contributed by atoms with Gasteiger partial charge in [-0.3, -0.25) is 9.89 Å². The zero-order chi connectivity index (χ0) is 13.9. The summed E-state index contributed by atoms with van der Waals surface area (Å²) in [5.74, 6) is 0. The summed E-state index contributed by atoms with van der Waals surface area (Å²) in [7, 11) is 0. The Balaban J connectivity index is 1.92. The largest absolute Gasteiger partial charge is 0.295 e. The van der Waals surface area contributed by atoms with Gasteiger partial charge in [0.25, 0.3) is 5.56 Å². The van der Waals surface area contributed by atoms with Crippen LogP contribution in [-0.2, 0) is 6.54 Å². The standard InChI is InChI=1S/C16H13BrN2O/c17-14-8-4-5-12(9-14)11-19-16(20)10-15(18-19)13-6-2-1-3-7-13/h1-10,18H,11H2. The summed E-state index contributed by atoms with van der Waals surface area (Å²) in [5, 5.41) is 3.15. The van der Waals surface area contributed by atoms with Gasteiger partial charge in [-0.05, 0) is 23.3 Å². The van der Waals surface area contributed by atoms with Gasteiger partial charge in [0.15, 0.2) is 0 Å². The van der Waals surface area contributed by atoms with E-state index in [0.29, 0.717) is 6.54 Å². The Morgan fingerprint density at radius 1 is 1.00 bits per heavy atom. The molecule has 2 aromatic carbocycles. The predicted octanol–water partition coefficient (Wildman–Crippen LogP) is 3.65. The molecule has 0 saturated carbocycles. The molecule has 0 aliphatic heterocycles. The summed E-state index contributed by atoms with van der Waals surface area (Å²) in [5.41, 5.74) is 2.90. The van der Waals surface area contributed by atoms with Crippen LogP contribution in [0.2, 0.25) is 0 Å². The Labute approximate surface area is 125 Å². The van der Waals surface area contributed by atoms with Crippen molar-refractivity contribution >= 4 is 15.9 Å². The minimum atomic E-state index is -0.0242. The molecule has 1 heterocycles. The average molecular weight is 329 g/mol. The van der Waals surface area contributed by atoms with Gasteiger partial charge >= 0.3 is 0 Å². The number of nitrogens with zero attached hydrogens (tertiary/aromatic N) is 1. The molecule has 3 aromatic rings. The maximum absolute atomic E-state index is 12.0. The third-order valence-electron chi connectivity index (χ3n) is 3.10. The van der Waals surface area contributed by atoms with Crippen LogP contribution in [0, 0.1) is 0 Å². The summed E-state index contributed by atoms with van der Waals surface area (Å²) in [6.45, 7) is 0.533. The maximum Gasteiger partial charge on any atom is 0.267 e. The van der Waals surface area contributed by atoms with E-state index >= 15 is 0 Å². The number of benzene rings is 2. The zero-order valence-electron chi connectivity index (χ0n) is 10.7. The van der Waals surface area contributed by atoms with Gasteiger partial charge in [0.2, 0.25) is 0 Å². The van der Waals surface area contributed by atoms with Gasteiger partial charge in [0.05, 0.1) is 12.2 Å². The maximum atomic E-state index is 12.0. The molecule has 20 heavy (non-hydrogen) atoms. The van der Waals surface area contributed by atoms with E-state index in [2.05, 4.69) is 21.0 Å². The lowest BCUT2D eigenvalue weighted by Gasteiger charge is -2.03. The van der Waals surface area contributed by atoms with Crippen LogP contribution in [0.4, 0.5) is 0 Å². The van der Waals surface area contributed by atoms with E-state index in [-0.39, 0.29) is 5.56 Å². The molecule has 0 bridgehead atoms. The number of halogens is 1. The van der Waals surface area contributed by atoms with E-state index in [1.54, 1.807) is 10.7 Å². The number of aromatic amines is 1. The van der Waals surface area contributed by atoms with Crippen molar-refractivity contribution in [3.05, 3.63) is 81.1 Å². The summed E-state index contributed by atoms with van der Waals surface area (Å²) in [6, 6.07) is 19.4. The Morgan fingerprint density at radius 2 is 1.80 bits per heavy atom. The molecule has 4 heteroatoms. The predicted molar refractivity (Wildman–Crippen MR) is 83.7 cm³/mol. The Morgan fingerprint density at radius 3 is 2.55 bits per heavy atom. The second-order valence-electron chi connectivity index (χ2n) is 4.59. The lowest BCUT2D eigenvalue weighted by molar-refractivity contribution is 0.666. The first-order valence-electron chi connectivity index (χ1n) is 6.32. The molecule has 0 atom stereocenters. The first kappa shape index (κ1) is 12.9. The van der Waals surface area contributed by atoms with E-state index < -0.39 is 0 Å². The molecule has 0 saturated heterocycles. The fourth-order valence-electron chi connectivity index (χ4n) is 2.14. The molecule has 0 radical (unpaired) electrons. The molecule has 0 fully saturated rings. The van der Waals surface area contributed by atoms with Crippen LogP contribution in [0.25, 0.3) is 11.3 Å². The third-order valence-corrected chi connectivity index (χ3v) is 3.60. The topological polar surface area (TPSA) is 37.8 Å². The van der Waals surface area contributed by atoms with Gasteiger partial charge in [0, 0.05) is 10.5 Å². The van der Waals surface area contributed by atoms with Crippen molar-refractivity contribution in [3.8, 4) is 11.3 Å². The van der Waals surface area contributed by atoms with Crippen LogP contribution in [-0.4, -0.2) is 9.78 Å². The summed E-state index contributed by atoms with van der Waals surface area (Å²) < 4.78 is 2.63. The summed E-state index contributed by atoms with van der Waals surface area (Å²) in [4.78, 5) is 12.0. The number of nitrogens with one attached hydrogen (secondary N) is 1. The molecular weight excluding hydrogens is 316 g/mol. The Kier molecular flexibility index (Phi) is 3.56. The van der Waals surface area contributed by atoms with Gasteiger partial charge in [-0.25, -0.2) is 4.68 Å². The monoisotopic (exact) mass is 328 g/mol. The number of rotatable bonds is 3. The van der Waals surface area contributed by atoms with Crippen LogP contribution < -0.4 is 5.56 Å². The third kappa shape index (κ3) is 2.75. The molecule has 0 unspecified atom stereocenters. The van der Waals surface area contributed by atoms with E-state index in [4.69, 9.17) is 0 Å². The highest BCUT2D eigenvalue weighted by Crippen LogP contribution is 2.15. The highest BCUT2D eigenvalue weighted by Gasteiger charge is 2.05. The van der Waals surface area contributed by atoms with Crippen molar-refractivity contribution in [2.45, 2.75) is 6.54 Å². The fraction of sp³-hybridized carbons (Fsp3) is 0.0625. The van der Waals surface area contributed by atoms with E-state index in [9.17, 15) is 4.79 Å². The van der Waals surface area contributed by atoms with E-state index in [1.165, 1.54) is 0 Å². The van der Waals surface area contributed by atoms with Crippen LogP contribution in [0.1, 0.15) is 5.56 Å². The first-order valence-corrected chi connectivity index (χ1v) is 7.11. The smallest absolute Gasteiger partial charge is 0.267 e. The summed E-state index contributed by atoms with van der Waals surface area (Å²) in [6.07, 6.45) is 0. The molecule has 100 valence electrons. The van der Waals surface area contributed by atoms with Gasteiger partial charge in [-0.15, -0.1) is 0 Å². The second-order valence-corrected chi connectivity index (χ2v) is 5.51. The van der Waals surface area contributed by atoms with Gasteiger partial charge < -0.3 is 0 Å². The van der Waals surface area contributed by atoms with Crippen molar-refractivity contribution < 1.29 is 0 Å². The lowest BCUT2D eigenvalue weighted by atomic mass is 10.2. The molecule has 0 spiro atoms. The Hall–Kier alpha value is -2.07. The van der Waals surface area contributed by atoms with Crippen molar-refractivity contribution in [1.29, 1.82) is 0 Å². The first-order chi connectivity index (χ1) is 9.72. The van der Waals surface area contributed by atoms with E-state index in [0.717, 1.165) is 21.3 Å². The molecule has 1 aromatic heterocycles. The highest BCUT2D eigenvalue weighted by molar-refractivity contribution is 9.10. The zero-order valence-corrected chi connectivity index (χ0v) is 12.3. The number of aromatic nitrogens is 2. The fourth-order valence-corrected chi connectivity index (χ4v) is 2.58. The molecule has 3 nitrogen and oxygen atoms in total. The van der Waals surface area contributed by atoms with Crippen molar-refractivity contribution in [2.24, 2.45) is 0 Å². The lowest BCUT2D eigenvalue weighted by Crippen LogP contribution is -2.16. The molecule has 0 aliphatic rings. The van der Waals surface area contributed by atoms with Gasteiger partial charge in [0.1, 0.15) is 0 Å². The Bertz CT molecular complexity index is 774.